The zero-order valence-electron chi connectivity index (χ0n) is 34.7. The molecule has 17 heteroatoms. The zero-order chi connectivity index (χ0) is 44.5. The summed E-state index contributed by atoms with van der Waals surface area (Å²) in [5, 5.41) is 10.5. The molecule has 10 nitrogen and oxygen atoms in total. The predicted octanol–water partition coefficient (Wildman–Crippen LogP) is 9.48. The highest BCUT2D eigenvalue weighted by atomic mass is 35.5. The Morgan fingerprint density at radius 3 is 2.27 bits per heavy atom. The van der Waals surface area contributed by atoms with Gasteiger partial charge in [0.25, 0.3) is 25.8 Å². The van der Waals surface area contributed by atoms with Crippen molar-refractivity contribution in [1.29, 1.82) is 0 Å². The quantitative estimate of drug-likeness (QED) is 0.0532. The number of sulfonamides is 1. The maximum Gasteiger partial charge on any atom is 0.501 e. The van der Waals surface area contributed by atoms with Gasteiger partial charge < -0.3 is 20.9 Å². The van der Waals surface area contributed by atoms with Crippen molar-refractivity contribution in [3.63, 3.8) is 0 Å². The molecule has 6 rings (SSSR count). The molecule has 0 radical (unpaired) electrons. The first-order valence-electron chi connectivity index (χ1n) is 20.6. The van der Waals surface area contributed by atoms with Crippen LogP contribution in [0.15, 0.2) is 117 Å². The molecular weight excluding hydrogens is 879 g/mol. The third kappa shape index (κ3) is 12.8. The fourth-order valence-corrected chi connectivity index (χ4v) is 10.8. The molecule has 1 heterocycles. The number of rotatable bonds is 19. The second kappa shape index (κ2) is 20.6. The Kier molecular flexibility index (Phi) is 15.8. The van der Waals surface area contributed by atoms with Crippen molar-refractivity contribution < 1.29 is 34.8 Å². The second-order valence-electron chi connectivity index (χ2n) is 16.5. The lowest BCUT2D eigenvalue weighted by Crippen LogP contribution is -2.32. The molecule has 0 aromatic heterocycles. The Bertz CT molecular complexity index is 2410. The number of allylic oxidation sites excluding steroid dienone is 1. The van der Waals surface area contributed by atoms with Gasteiger partial charge >= 0.3 is 5.51 Å². The van der Waals surface area contributed by atoms with Crippen molar-refractivity contribution in [2.24, 2.45) is 5.41 Å². The van der Waals surface area contributed by atoms with E-state index in [1.807, 2.05) is 47.2 Å². The van der Waals surface area contributed by atoms with Crippen LogP contribution >= 0.6 is 23.4 Å². The molecule has 334 valence electrons. The largest absolute Gasteiger partial charge is 0.501 e. The maximum absolute atomic E-state index is 14.1. The van der Waals surface area contributed by atoms with Crippen molar-refractivity contribution in [3.05, 3.63) is 119 Å². The number of nitrogens with zero attached hydrogens (tertiary/aromatic N) is 1. The van der Waals surface area contributed by atoms with Gasteiger partial charge in [0.05, 0.1) is 10.6 Å². The summed E-state index contributed by atoms with van der Waals surface area (Å²) < 4.78 is 97.0. The number of nitrogens with one attached hydrogen (secondary N) is 4. The minimum Gasteiger partial charge on any atom is -0.384 e. The second-order valence-corrected chi connectivity index (χ2v) is 21.6. The lowest BCUT2D eigenvalue weighted by molar-refractivity contribution is -0.0435. The molecule has 1 atom stereocenters. The number of hydrogen-bond donors (Lipinski definition) is 4. The molecule has 62 heavy (non-hydrogen) atoms. The van der Waals surface area contributed by atoms with Crippen LogP contribution in [0.5, 0.6) is 0 Å². The Labute approximate surface area is 372 Å². The highest BCUT2D eigenvalue weighted by Crippen LogP contribution is 2.43. The zero-order valence-corrected chi connectivity index (χ0v) is 37.9. The normalized spacial score (nSPS) is 16.5. The molecule has 0 spiro atoms. The Morgan fingerprint density at radius 1 is 0.903 bits per heavy atom. The third-order valence-corrected chi connectivity index (χ3v) is 15.4. The predicted molar refractivity (Wildman–Crippen MR) is 243 cm³/mol. The van der Waals surface area contributed by atoms with Gasteiger partial charge in [-0.05, 0) is 135 Å². The molecule has 2 aliphatic rings. The fourth-order valence-electron chi connectivity index (χ4n) is 7.61. The van der Waals surface area contributed by atoms with E-state index < -0.39 is 47.1 Å². The lowest BCUT2D eigenvalue weighted by Gasteiger charge is -2.34. The van der Waals surface area contributed by atoms with E-state index in [-0.39, 0.29) is 16.7 Å². The summed E-state index contributed by atoms with van der Waals surface area (Å²) in [6, 6.07) is 25.4. The molecule has 4 N–H and O–H groups in total. The molecular formula is C45H53ClF3N5O5S3. The van der Waals surface area contributed by atoms with E-state index >= 15 is 0 Å². The molecule has 0 unspecified atom stereocenters. The molecule has 1 amide bonds. The van der Waals surface area contributed by atoms with E-state index in [9.17, 15) is 34.8 Å². The summed E-state index contributed by atoms with van der Waals surface area (Å²) in [7, 11) is -10.9. The third-order valence-electron chi connectivity index (χ3n) is 11.1. The standard InChI is InChI=1S/C45H53ClF3N5O5S3/c1-44(2)22-20-34(40(29-44)32-10-14-35(46)15-11-32)30-50-23-24-51-36-16-12-33(13-17-36)43(55)53-62(58,59)39-18-19-41(42(28-39)61(56,57)45(47,48)49)52-37(21-27-54-25-6-7-26-54)31-60-38-8-4-3-5-9-38/h3-5,8-19,28,37,50-52H,6-7,20-27,29-31H2,1-2H3,(H,53,55)/t37-/m1/s1. The number of carbonyl (C=O) groups excluding carboxylic acids is 1. The number of alkyl halides is 3. The van der Waals surface area contributed by atoms with Crippen molar-refractivity contribution in [2.45, 2.75) is 78.6 Å². The smallest absolute Gasteiger partial charge is 0.384 e. The van der Waals surface area contributed by atoms with Gasteiger partial charge in [0.15, 0.2) is 0 Å². The van der Waals surface area contributed by atoms with E-state index in [0.29, 0.717) is 48.6 Å². The van der Waals surface area contributed by atoms with E-state index in [0.717, 1.165) is 68.8 Å². The lowest BCUT2D eigenvalue weighted by atomic mass is 9.72. The number of anilines is 2. The number of sulfone groups is 1. The highest BCUT2D eigenvalue weighted by molar-refractivity contribution is 7.99. The Morgan fingerprint density at radius 2 is 1.60 bits per heavy atom. The van der Waals surface area contributed by atoms with Crippen molar-refractivity contribution in [2.75, 3.05) is 55.7 Å². The van der Waals surface area contributed by atoms with Gasteiger partial charge in [0, 0.05) is 59.1 Å². The van der Waals surface area contributed by atoms with Gasteiger partial charge in [-0.3, -0.25) is 4.79 Å². The van der Waals surface area contributed by atoms with Crippen LogP contribution in [-0.2, 0) is 19.9 Å². The molecule has 1 aliphatic carbocycles. The Balaban J connectivity index is 1.09. The van der Waals surface area contributed by atoms with Crippen LogP contribution in [0.3, 0.4) is 0 Å². The highest BCUT2D eigenvalue weighted by Gasteiger charge is 2.48. The minimum absolute atomic E-state index is 0.0303. The molecule has 1 aliphatic heterocycles. The number of carbonyl (C=O) groups is 1. The van der Waals surface area contributed by atoms with Gasteiger partial charge in [-0.1, -0.05) is 61.4 Å². The molecule has 1 saturated heterocycles. The van der Waals surface area contributed by atoms with Crippen LogP contribution in [0.4, 0.5) is 24.5 Å². The summed E-state index contributed by atoms with van der Waals surface area (Å²) >= 11 is 7.60. The van der Waals surface area contributed by atoms with E-state index in [1.165, 1.54) is 40.6 Å². The van der Waals surface area contributed by atoms with Crippen LogP contribution in [0.2, 0.25) is 5.02 Å². The number of amides is 1. The molecule has 0 saturated carbocycles. The SMILES string of the molecule is CC1(C)CCC(CNCCNc2ccc(C(=O)NS(=O)(=O)c3ccc(N[C@H](CCN4CCCC4)CSc4ccccc4)c(S(=O)(=O)C(F)(F)F)c3)cc2)=C(c2ccc(Cl)cc2)C1. The van der Waals surface area contributed by atoms with Crippen LogP contribution in [0.25, 0.3) is 5.57 Å². The monoisotopic (exact) mass is 931 g/mol. The van der Waals surface area contributed by atoms with Gasteiger partial charge in [-0.2, -0.15) is 13.2 Å². The number of likely N-dealkylation sites (tertiary alicyclic amines) is 1. The van der Waals surface area contributed by atoms with E-state index in [1.54, 1.807) is 12.1 Å². The van der Waals surface area contributed by atoms with Crippen LogP contribution in [0.1, 0.15) is 68.3 Å². The van der Waals surface area contributed by atoms with E-state index in [4.69, 9.17) is 11.6 Å². The van der Waals surface area contributed by atoms with Crippen molar-refractivity contribution in [3.8, 4) is 0 Å². The van der Waals surface area contributed by atoms with Crippen molar-refractivity contribution in [1.82, 2.24) is 14.9 Å². The van der Waals surface area contributed by atoms with Gasteiger partial charge in [-0.25, -0.2) is 21.6 Å². The van der Waals surface area contributed by atoms with Crippen LogP contribution in [-0.4, -0.2) is 84.2 Å². The van der Waals surface area contributed by atoms with Gasteiger partial charge in [-0.15, -0.1) is 11.8 Å². The molecule has 0 bridgehead atoms. The van der Waals surface area contributed by atoms with Gasteiger partial charge in [0.1, 0.15) is 4.90 Å². The fraction of sp³-hybridized carbons (Fsp3) is 0.400. The number of halogens is 4. The minimum atomic E-state index is -6.03. The van der Waals surface area contributed by atoms with Crippen molar-refractivity contribution >= 4 is 66.1 Å². The molecule has 1 fully saturated rings. The summed E-state index contributed by atoms with van der Waals surface area (Å²) in [5.41, 5.74) is -1.36. The average molecular weight is 933 g/mol. The number of thioether (sulfide) groups is 1. The number of hydrogen-bond acceptors (Lipinski definition) is 10. The Hall–Kier alpha value is -4.06. The summed E-state index contributed by atoms with van der Waals surface area (Å²) in [6.45, 7) is 8.96. The first-order chi connectivity index (χ1) is 29.4. The average Bonchev–Trinajstić information content (AvgIpc) is 3.76. The summed E-state index contributed by atoms with van der Waals surface area (Å²) in [6.07, 6.45) is 5.66. The summed E-state index contributed by atoms with van der Waals surface area (Å²) in [5.74, 6) is -0.644. The van der Waals surface area contributed by atoms with Crippen LogP contribution < -0.4 is 20.7 Å². The first-order valence-corrected chi connectivity index (χ1v) is 24.9. The molecule has 4 aromatic carbocycles. The van der Waals surface area contributed by atoms with Crippen LogP contribution in [0, 0.1) is 5.41 Å². The van der Waals surface area contributed by atoms with E-state index in [2.05, 4.69) is 46.8 Å². The first kappa shape index (κ1) is 47.4. The maximum atomic E-state index is 14.1. The summed E-state index contributed by atoms with van der Waals surface area (Å²) in [4.78, 5) is 14.3. The molecule has 4 aromatic rings. The number of benzene rings is 4. The van der Waals surface area contributed by atoms with Gasteiger partial charge in [0.2, 0.25) is 0 Å². The topological polar surface area (TPSA) is 137 Å².